The highest BCUT2D eigenvalue weighted by Crippen LogP contribution is 2.43. The molecule has 3 nitrogen and oxygen atoms in total. The smallest absolute Gasteiger partial charge is 0.207 e. The van der Waals surface area contributed by atoms with Gasteiger partial charge in [-0.3, -0.25) is 4.79 Å². The van der Waals surface area contributed by atoms with Gasteiger partial charge in [-0.1, -0.05) is 0 Å². The average Bonchev–Trinajstić information content (AvgIpc) is 2.65. The Morgan fingerprint density at radius 1 is 1.67 bits per heavy atom. The molecule has 0 aromatic heterocycles. The Labute approximate surface area is 54.1 Å². The first kappa shape index (κ1) is 6.55. The number of aliphatic hydroxyl groups is 1. The zero-order chi connectivity index (χ0) is 6.74. The van der Waals surface area contributed by atoms with Crippen molar-refractivity contribution in [1.82, 2.24) is 5.32 Å². The van der Waals surface area contributed by atoms with Gasteiger partial charge in [-0.15, -0.1) is 0 Å². The molecule has 3 heteroatoms. The molecule has 0 aromatic rings. The van der Waals surface area contributed by atoms with E-state index in [0.29, 0.717) is 13.0 Å². The summed E-state index contributed by atoms with van der Waals surface area (Å²) in [6.07, 6.45) is 2.77. The Morgan fingerprint density at radius 2 is 2.33 bits per heavy atom. The summed E-state index contributed by atoms with van der Waals surface area (Å²) in [7, 11) is 0. The maximum Gasteiger partial charge on any atom is 0.207 e. The molecule has 1 amide bonds. The minimum atomic E-state index is 0.0565. The molecule has 0 radical (unpaired) electrons. The third-order valence-corrected chi connectivity index (χ3v) is 1.85. The SMILES string of the molecule is O=CNCC1(CO)CC1. The summed E-state index contributed by atoms with van der Waals surface area (Å²) < 4.78 is 0. The topological polar surface area (TPSA) is 49.3 Å². The van der Waals surface area contributed by atoms with Crippen LogP contribution in [0.15, 0.2) is 0 Å². The molecular weight excluding hydrogens is 118 g/mol. The predicted octanol–water partition coefficient (Wildman–Crippen LogP) is -0.495. The average molecular weight is 129 g/mol. The fourth-order valence-electron chi connectivity index (χ4n) is 0.826. The zero-order valence-corrected chi connectivity index (χ0v) is 5.26. The predicted molar refractivity (Wildman–Crippen MR) is 32.8 cm³/mol. The van der Waals surface area contributed by atoms with Gasteiger partial charge in [-0.05, 0) is 12.8 Å². The summed E-state index contributed by atoms with van der Waals surface area (Å²) in [5, 5.41) is 11.3. The zero-order valence-electron chi connectivity index (χ0n) is 5.26. The molecule has 0 spiro atoms. The third-order valence-electron chi connectivity index (χ3n) is 1.85. The molecule has 0 aliphatic heterocycles. The highest BCUT2D eigenvalue weighted by Gasteiger charge is 2.41. The van der Waals surface area contributed by atoms with Gasteiger partial charge in [0, 0.05) is 12.0 Å². The van der Waals surface area contributed by atoms with Crippen LogP contribution in [0.5, 0.6) is 0 Å². The number of aliphatic hydroxyl groups excluding tert-OH is 1. The van der Waals surface area contributed by atoms with Crippen molar-refractivity contribution in [3.8, 4) is 0 Å². The van der Waals surface area contributed by atoms with E-state index in [1.807, 2.05) is 0 Å². The van der Waals surface area contributed by atoms with Gasteiger partial charge in [-0.2, -0.15) is 0 Å². The van der Waals surface area contributed by atoms with Crippen LogP contribution in [0.2, 0.25) is 0 Å². The van der Waals surface area contributed by atoms with E-state index in [9.17, 15) is 4.79 Å². The van der Waals surface area contributed by atoms with Crippen LogP contribution in [0.25, 0.3) is 0 Å². The van der Waals surface area contributed by atoms with Crippen molar-refractivity contribution in [2.75, 3.05) is 13.2 Å². The molecule has 1 fully saturated rings. The second-order valence-electron chi connectivity index (χ2n) is 2.66. The van der Waals surface area contributed by atoms with E-state index in [0.717, 1.165) is 12.8 Å². The van der Waals surface area contributed by atoms with E-state index in [1.54, 1.807) is 0 Å². The first-order chi connectivity index (χ1) is 4.33. The Bertz CT molecular complexity index is 110. The lowest BCUT2D eigenvalue weighted by Crippen LogP contribution is -2.24. The number of rotatable bonds is 4. The van der Waals surface area contributed by atoms with Crippen LogP contribution in [-0.2, 0) is 4.79 Å². The summed E-state index contributed by atoms with van der Waals surface area (Å²) >= 11 is 0. The highest BCUT2D eigenvalue weighted by molar-refractivity contribution is 5.46. The van der Waals surface area contributed by atoms with Crippen molar-refractivity contribution < 1.29 is 9.90 Å². The first-order valence-corrected chi connectivity index (χ1v) is 3.11. The van der Waals surface area contributed by atoms with E-state index in [4.69, 9.17) is 5.11 Å². The van der Waals surface area contributed by atoms with Gasteiger partial charge in [0.25, 0.3) is 0 Å². The number of hydrogen-bond donors (Lipinski definition) is 2. The second-order valence-corrected chi connectivity index (χ2v) is 2.66. The summed E-state index contributed by atoms with van der Waals surface area (Å²) in [6.45, 7) is 0.834. The van der Waals surface area contributed by atoms with Crippen LogP contribution in [0, 0.1) is 5.41 Å². The van der Waals surface area contributed by atoms with Crippen LogP contribution >= 0.6 is 0 Å². The normalized spacial score (nSPS) is 21.0. The monoisotopic (exact) mass is 129 g/mol. The molecule has 0 aromatic carbocycles. The van der Waals surface area contributed by atoms with Gasteiger partial charge < -0.3 is 10.4 Å². The van der Waals surface area contributed by atoms with Gasteiger partial charge in [0.05, 0.1) is 6.61 Å². The van der Waals surface area contributed by atoms with Crippen molar-refractivity contribution in [3.05, 3.63) is 0 Å². The molecule has 52 valence electrons. The van der Waals surface area contributed by atoms with Crippen LogP contribution < -0.4 is 5.32 Å². The number of amides is 1. The summed E-state index contributed by atoms with van der Waals surface area (Å²) in [5.41, 5.74) is 0.0565. The van der Waals surface area contributed by atoms with Crippen LogP contribution in [-0.4, -0.2) is 24.7 Å². The van der Waals surface area contributed by atoms with Crippen molar-refractivity contribution in [1.29, 1.82) is 0 Å². The summed E-state index contributed by atoms with van der Waals surface area (Å²) in [5.74, 6) is 0. The molecule has 1 rings (SSSR count). The lowest BCUT2D eigenvalue weighted by atomic mass is 10.1. The van der Waals surface area contributed by atoms with Crippen LogP contribution in [0.3, 0.4) is 0 Å². The van der Waals surface area contributed by atoms with Crippen LogP contribution in [0.4, 0.5) is 0 Å². The molecule has 0 bridgehead atoms. The Kier molecular flexibility index (Phi) is 1.71. The van der Waals surface area contributed by atoms with Gasteiger partial charge in [0.2, 0.25) is 6.41 Å². The number of hydrogen-bond acceptors (Lipinski definition) is 2. The maximum atomic E-state index is 9.80. The Hall–Kier alpha value is -0.570. The first-order valence-electron chi connectivity index (χ1n) is 3.11. The number of carbonyl (C=O) groups excluding carboxylic acids is 1. The molecular formula is C6H11NO2. The molecule has 1 saturated carbocycles. The van der Waals surface area contributed by atoms with Crippen LogP contribution in [0.1, 0.15) is 12.8 Å². The van der Waals surface area contributed by atoms with E-state index < -0.39 is 0 Å². The van der Waals surface area contributed by atoms with E-state index >= 15 is 0 Å². The van der Waals surface area contributed by atoms with Crippen molar-refractivity contribution in [2.45, 2.75) is 12.8 Å². The highest BCUT2D eigenvalue weighted by atomic mass is 16.3. The fraction of sp³-hybridized carbons (Fsp3) is 0.833. The van der Waals surface area contributed by atoms with E-state index in [2.05, 4.69) is 5.32 Å². The number of nitrogens with one attached hydrogen (secondary N) is 1. The molecule has 0 saturated heterocycles. The minimum absolute atomic E-state index is 0.0565. The molecule has 0 heterocycles. The van der Waals surface area contributed by atoms with Gasteiger partial charge in [0.15, 0.2) is 0 Å². The molecule has 9 heavy (non-hydrogen) atoms. The van der Waals surface area contributed by atoms with Crippen molar-refractivity contribution in [3.63, 3.8) is 0 Å². The Morgan fingerprint density at radius 3 is 2.67 bits per heavy atom. The summed E-state index contributed by atoms with van der Waals surface area (Å²) in [6, 6.07) is 0. The van der Waals surface area contributed by atoms with Gasteiger partial charge in [-0.25, -0.2) is 0 Å². The standard InChI is InChI=1S/C6H11NO2/c8-4-6(1-2-6)3-7-5-9/h5,8H,1-4H2,(H,7,9). The number of carbonyl (C=O) groups is 1. The van der Waals surface area contributed by atoms with Gasteiger partial charge in [0.1, 0.15) is 0 Å². The van der Waals surface area contributed by atoms with E-state index in [-0.39, 0.29) is 12.0 Å². The second kappa shape index (κ2) is 2.35. The maximum absolute atomic E-state index is 9.80. The molecule has 0 atom stereocenters. The molecule has 1 aliphatic rings. The lowest BCUT2D eigenvalue weighted by Gasteiger charge is -2.08. The van der Waals surface area contributed by atoms with Crippen molar-refractivity contribution >= 4 is 6.41 Å². The quantitative estimate of drug-likeness (QED) is 0.503. The molecule has 2 N–H and O–H groups in total. The third kappa shape index (κ3) is 1.42. The minimum Gasteiger partial charge on any atom is -0.396 e. The Balaban J connectivity index is 2.17. The fourth-order valence-corrected chi connectivity index (χ4v) is 0.826. The lowest BCUT2D eigenvalue weighted by molar-refractivity contribution is -0.109. The molecule has 0 unspecified atom stereocenters. The van der Waals surface area contributed by atoms with E-state index in [1.165, 1.54) is 0 Å². The van der Waals surface area contributed by atoms with Crippen molar-refractivity contribution in [2.24, 2.45) is 5.41 Å². The van der Waals surface area contributed by atoms with Gasteiger partial charge >= 0.3 is 0 Å². The largest absolute Gasteiger partial charge is 0.396 e. The molecule has 1 aliphatic carbocycles. The summed E-state index contributed by atoms with van der Waals surface area (Å²) in [4.78, 5) is 9.80.